The molecule has 1 N–H and O–H groups in total. The summed E-state index contributed by atoms with van der Waals surface area (Å²) in [5, 5.41) is 15.5. The van der Waals surface area contributed by atoms with Crippen LogP contribution in [0.5, 0.6) is 0 Å². The summed E-state index contributed by atoms with van der Waals surface area (Å²) in [6.45, 7) is -0.208. The molecule has 2 heterocycles. The van der Waals surface area contributed by atoms with Gasteiger partial charge in [0.15, 0.2) is 11.5 Å². The number of anilines is 1. The van der Waals surface area contributed by atoms with Gasteiger partial charge in [-0.15, -0.1) is 10.2 Å². The number of piperazine rings is 1. The van der Waals surface area contributed by atoms with Gasteiger partial charge in [-0.05, 0) is 18.2 Å². The first-order valence-electron chi connectivity index (χ1n) is 8.78. The summed E-state index contributed by atoms with van der Waals surface area (Å²) in [5.41, 5.74) is -4.31. The molecule has 0 bridgehead atoms. The Kier molecular flexibility index (Phi) is 5.79. The molecule has 2 aromatic rings. The van der Waals surface area contributed by atoms with E-state index in [-0.39, 0.29) is 32.0 Å². The van der Waals surface area contributed by atoms with Gasteiger partial charge in [-0.3, -0.25) is 4.79 Å². The highest BCUT2D eigenvalue weighted by Gasteiger charge is 2.39. The van der Waals surface area contributed by atoms with E-state index in [4.69, 9.17) is 5.11 Å². The molecule has 1 aromatic heterocycles. The lowest BCUT2D eigenvalue weighted by Crippen LogP contribution is -2.49. The minimum Gasteiger partial charge on any atom is -0.476 e. The lowest BCUT2D eigenvalue weighted by molar-refractivity contribution is -0.139. The number of carbonyl (C=O) groups is 2. The van der Waals surface area contributed by atoms with E-state index in [2.05, 4.69) is 10.2 Å². The number of carboxylic acid groups (broad SMARTS) is 1. The summed E-state index contributed by atoms with van der Waals surface area (Å²) in [4.78, 5) is 26.0. The van der Waals surface area contributed by atoms with E-state index in [0.717, 1.165) is 23.1 Å². The lowest BCUT2D eigenvalue weighted by Gasteiger charge is -2.35. The van der Waals surface area contributed by atoms with Crippen LogP contribution in [0.25, 0.3) is 0 Å². The van der Waals surface area contributed by atoms with Crippen LogP contribution in [0.3, 0.4) is 0 Å². The van der Waals surface area contributed by atoms with Gasteiger partial charge in [-0.2, -0.15) is 26.3 Å². The second-order valence-corrected chi connectivity index (χ2v) is 6.59. The van der Waals surface area contributed by atoms with Crippen molar-refractivity contribution < 1.29 is 41.0 Å². The fourth-order valence-corrected chi connectivity index (χ4v) is 3.14. The number of benzene rings is 1. The molecular weight excluding hydrogens is 434 g/mol. The second kappa shape index (κ2) is 8.04. The van der Waals surface area contributed by atoms with Crippen LogP contribution in [-0.4, -0.2) is 58.3 Å². The standard InChI is InChI=1S/C18H14F6N4O3/c19-17(20,21)11-4-2-1-3-10(11)15(29)28-7-5-27(6-8-28)13-9-12(18(22,23)24)14(16(30)31)26-25-13/h1-4,9H,5-8H2,(H,30,31). The zero-order valence-corrected chi connectivity index (χ0v) is 15.5. The minimum atomic E-state index is -4.97. The van der Waals surface area contributed by atoms with Gasteiger partial charge in [0, 0.05) is 26.2 Å². The quantitative estimate of drug-likeness (QED) is 0.726. The lowest BCUT2D eigenvalue weighted by atomic mass is 10.1. The first-order valence-corrected chi connectivity index (χ1v) is 8.78. The fourth-order valence-electron chi connectivity index (χ4n) is 3.14. The van der Waals surface area contributed by atoms with Gasteiger partial charge in [-0.25, -0.2) is 4.79 Å². The molecule has 1 fully saturated rings. The van der Waals surface area contributed by atoms with Crippen molar-refractivity contribution in [2.24, 2.45) is 0 Å². The van der Waals surface area contributed by atoms with Crippen molar-refractivity contribution >= 4 is 17.7 Å². The maximum atomic E-state index is 13.2. The number of halogens is 6. The third-order valence-electron chi connectivity index (χ3n) is 4.64. The summed E-state index contributed by atoms with van der Waals surface area (Å²) < 4.78 is 78.9. The maximum Gasteiger partial charge on any atom is 0.418 e. The van der Waals surface area contributed by atoms with Gasteiger partial charge >= 0.3 is 18.3 Å². The van der Waals surface area contributed by atoms with E-state index in [1.165, 1.54) is 11.0 Å². The molecule has 1 aromatic carbocycles. The molecule has 0 radical (unpaired) electrons. The predicted molar refractivity (Wildman–Crippen MR) is 93.6 cm³/mol. The first kappa shape index (κ1) is 22.3. The van der Waals surface area contributed by atoms with Crippen molar-refractivity contribution in [2.45, 2.75) is 12.4 Å². The van der Waals surface area contributed by atoms with Crippen molar-refractivity contribution in [1.82, 2.24) is 15.1 Å². The molecule has 166 valence electrons. The van der Waals surface area contributed by atoms with Crippen LogP contribution in [0.2, 0.25) is 0 Å². The van der Waals surface area contributed by atoms with Gasteiger partial charge in [0.25, 0.3) is 5.91 Å². The minimum absolute atomic E-state index is 0.0294. The van der Waals surface area contributed by atoms with Crippen molar-refractivity contribution in [3.63, 3.8) is 0 Å². The molecule has 1 aliphatic rings. The van der Waals surface area contributed by atoms with Gasteiger partial charge in [0.2, 0.25) is 0 Å². The maximum absolute atomic E-state index is 13.2. The monoisotopic (exact) mass is 448 g/mol. The summed E-state index contributed by atoms with van der Waals surface area (Å²) in [5.74, 6) is -2.99. The highest BCUT2D eigenvalue weighted by molar-refractivity contribution is 5.96. The van der Waals surface area contributed by atoms with E-state index >= 15 is 0 Å². The summed E-state index contributed by atoms with van der Waals surface area (Å²) in [6, 6.07) is 4.87. The van der Waals surface area contributed by atoms with Crippen molar-refractivity contribution in [2.75, 3.05) is 31.1 Å². The SMILES string of the molecule is O=C(O)c1nnc(N2CCN(C(=O)c3ccccc3C(F)(F)F)CC2)cc1C(F)(F)F. The Balaban J connectivity index is 1.78. The topological polar surface area (TPSA) is 86.6 Å². The number of nitrogens with zero attached hydrogens (tertiary/aromatic N) is 4. The number of amides is 1. The predicted octanol–water partition coefficient (Wildman–Crippen LogP) is 3.17. The molecular formula is C18H14F6N4O3. The largest absolute Gasteiger partial charge is 0.476 e. The molecule has 0 spiro atoms. The number of rotatable bonds is 3. The Bertz CT molecular complexity index is 1000. The Labute approximate surface area is 170 Å². The van der Waals surface area contributed by atoms with Gasteiger partial charge in [0.05, 0.1) is 16.7 Å². The molecule has 1 amide bonds. The van der Waals surface area contributed by atoms with E-state index < -0.39 is 46.6 Å². The van der Waals surface area contributed by atoms with Crippen LogP contribution in [0.1, 0.15) is 32.0 Å². The summed E-state index contributed by atoms with van der Waals surface area (Å²) in [7, 11) is 0. The van der Waals surface area contributed by atoms with Crippen LogP contribution >= 0.6 is 0 Å². The molecule has 0 aliphatic carbocycles. The second-order valence-electron chi connectivity index (χ2n) is 6.59. The Hall–Kier alpha value is -3.38. The Morgan fingerprint density at radius 1 is 0.871 bits per heavy atom. The van der Waals surface area contributed by atoms with Gasteiger partial charge in [-0.1, -0.05) is 12.1 Å². The molecule has 1 aliphatic heterocycles. The molecule has 0 saturated carbocycles. The first-order chi connectivity index (χ1) is 14.4. The molecule has 0 atom stereocenters. The fraction of sp³-hybridized carbons (Fsp3) is 0.333. The number of aromatic carboxylic acids is 1. The van der Waals surface area contributed by atoms with Crippen molar-refractivity contribution in [1.29, 1.82) is 0 Å². The normalized spacial score (nSPS) is 15.2. The Morgan fingerprint density at radius 3 is 2.00 bits per heavy atom. The third-order valence-corrected chi connectivity index (χ3v) is 4.64. The van der Waals surface area contributed by atoms with E-state index in [9.17, 15) is 35.9 Å². The van der Waals surface area contributed by atoms with Gasteiger partial charge in [0.1, 0.15) is 0 Å². The van der Waals surface area contributed by atoms with E-state index in [0.29, 0.717) is 6.07 Å². The van der Waals surface area contributed by atoms with E-state index in [1.54, 1.807) is 0 Å². The number of hydrogen-bond acceptors (Lipinski definition) is 5. The zero-order valence-electron chi connectivity index (χ0n) is 15.5. The molecule has 7 nitrogen and oxygen atoms in total. The highest BCUT2D eigenvalue weighted by Crippen LogP contribution is 2.34. The van der Waals surface area contributed by atoms with Crippen LogP contribution in [-0.2, 0) is 12.4 Å². The number of carboxylic acids is 1. The smallest absolute Gasteiger partial charge is 0.418 e. The third kappa shape index (κ3) is 4.70. The van der Waals surface area contributed by atoms with Crippen LogP contribution in [0.15, 0.2) is 30.3 Å². The number of aromatic nitrogens is 2. The summed E-state index contributed by atoms with van der Waals surface area (Å²) in [6.07, 6.45) is -9.69. The number of alkyl halides is 6. The molecule has 31 heavy (non-hydrogen) atoms. The highest BCUT2D eigenvalue weighted by atomic mass is 19.4. The van der Waals surface area contributed by atoms with E-state index in [1.807, 2.05) is 0 Å². The van der Waals surface area contributed by atoms with Crippen LogP contribution < -0.4 is 4.90 Å². The number of hydrogen-bond donors (Lipinski definition) is 1. The van der Waals surface area contributed by atoms with Crippen molar-refractivity contribution in [3.05, 3.63) is 52.7 Å². The van der Waals surface area contributed by atoms with Gasteiger partial charge < -0.3 is 14.9 Å². The molecule has 1 saturated heterocycles. The van der Waals surface area contributed by atoms with Crippen molar-refractivity contribution in [3.8, 4) is 0 Å². The van der Waals surface area contributed by atoms with Crippen LogP contribution in [0.4, 0.5) is 32.2 Å². The average molecular weight is 448 g/mol. The average Bonchev–Trinajstić information content (AvgIpc) is 2.71. The molecule has 13 heteroatoms. The molecule has 3 rings (SSSR count). The number of carbonyl (C=O) groups excluding carboxylic acids is 1. The summed E-state index contributed by atoms with van der Waals surface area (Å²) >= 11 is 0. The van der Waals surface area contributed by atoms with Crippen LogP contribution in [0, 0.1) is 0 Å². The molecule has 0 unspecified atom stereocenters. The zero-order chi connectivity index (χ0) is 23.0. The Morgan fingerprint density at radius 2 is 1.45 bits per heavy atom.